The summed E-state index contributed by atoms with van der Waals surface area (Å²) in [7, 11) is 0. The lowest BCUT2D eigenvalue weighted by molar-refractivity contribution is -0.187. The van der Waals surface area contributed by atoms with E-state index in [1.807, 2.05) is 0 Å². The van der Waals surface area contributed by atoms with E-state index in [1.165, 1.54) is 6.20 Å². The highest BCUT2D eigenvalue weighted by Crippen LogP contribution is 2.27. The van der Waals surface area contributed by atoms with Crippen molar-refractivity contribution in [1.29, 1.82) is 0 Å². The Balaban J connectivity index is 1.58. The second-order valence-corrected chi connectivity index (χ2v) is 7.61. The first-order valence-electron chi connectivity index (χ1n) is 9.77. The number of nitrogens with one attached hydrogen (secondary N) is 2. The van der Waals surface area contributed by atoms with E-state index < -0.39 is 30.9 Å². The molecule has 3 rings (SSSR count). The van der Waals surface area contributed by atoms with Gasteiger partial charge in [0.15, 0.2) is 0 Å². The van der Waals surface area contributed by atoms with Crippen molar-refractivity contribution in [1.82, 2.24) is 9.97 Å². The third-order valence-corrected chi connectivity index (χ3v) is 5.35. The van der Waals surface area contributed by atoms with Crippen molar-refractivity contribution >= 4 is 17.7 Å². The van der Waals surface area contributed by atoms with Crippen LogP contribution in [0.15, 0.2) is 6.20 Å². The average Bonchev–Trinajstić information content (AvgIpc) is 3.05. The Kier molecular flexibility index (Phi) is 6.78. The summed E-state index contributed by atoms with van der Waals surface area (Å²) in [5.41, 5.74) is 5.53. The van der Waals surface area contributed by atoms with Crippen LogP contribution in [0.3, 0.4) is 0 Å². The van der Waals surface area contributed by atoms with E-state index in [9.17, 15) is 23.1 Å². The molecular formula is C18H26F3N5O3. The predicted octanol–water partition coefficient (Wildman–Crippen LogP) is 2.20. The van der Waals surface area contributed by atoms with Gasteiger partial charge in [-0.25, -0.2) is 4.98 Å². The van der Waals surface area contributed by atoms with E-state index in [0.29, 0.717) is 38.1 Å². The van der Waals surface area contributed by atoms with Crippen LogP contribution in [0, 0.1) is 0 Å². The highest BCUT2D eigenvalue weighted by molar-refractivity contribution is 5.97. The number of hydrogen-bond acceptors (Lipinski definition) is 7. The number of hydrogen-bond donors (Lipinski definition) is 4. The third kappa shape index (κ3) is 6.17. The van der Waals surface area contributed by atoms with Crippen LogP contribution in [0.5, 0.6) is 0 Å². The fraction of sp³-hybridized carbons (Fsp3) is 0.722. The van der Waals surface area contributed by atoms with E-state index >= 15 is 0 Å². The van der Waals surface area contributed by atoms with Crippen molar-refractivity contribution in [2.24, 2.45) is 5.73 Å². The number of aromatic nitrogens is 2. The van der Waals surface area contributed by atoms with Crippen molar-refractivity contribution < 1.29 is 27.8 Å². The maximum absolute atomic E-state index is 12.3. The number of nitrogens with zero attached hydrogens (tertiary/aromatic N) is 2. The van der Waals surface area contributed by atoms with Crippen LogP contribution in [-0.2, 0) is 4.74 Å². The molecule has 162 valence electrons. The molecule has 1 amide bonds. The molecule has 0 bridgehead atoms. The summed E-state index contributed by atoms with van der Waals surface area (Å²) in [6.07, 6.45) is 0.651. The highest BCUT2D eigenvalue weighted by Gasteiger charge is 2.31. The average molecular weight is 417 g/mol. The number of anilines is 2. The predicted molar refractivity (Wildman–Crippen MR) is 99.5 cm³/mol. The van der Waals surface area contributed by atoms with Gasteiger partial charge in [0.25, 0.3) is 5.91 Å². The van der Waals surface area contributed by atoms with Crippen LogP contribution in [0.25, 0.3) is 0 Å². The van der Waals surface area contributed by atoms with Gasteiger partial charge in [-0.15, -0.1) is 0 Å². The molecule has 0 unspecified atom stereocenters. The fourth-order valence-electron chi connectivity index (χ4n) is 3.79. The molecule has 2 fully saturated rings. The number of aliphatic hydroxyl groups is 1. The smallest absolute Gasteiger partial charge is 0.391 e. The molecule has 1 aromatic rings. The van der Waals surface area contributed by atoms with Gasteiger partial charge in [-0.1, -0.05) is 0 Å². The van der Waals surface area contributed by atoms with Crippen LogP contribution in [0.4, 0.5) is 24.9 Å². The van der Waals surface area contributed by atoms with Gasteiger partial charge in [0, 0.05) is 12.2 Å². The Hall–Kier alpha value is -2.14. The molecule has 29 heavy (non-hydrogen) atoms. The zero-order chi connectivity index (χ0) is 21.0. The van der Waals surface area contributed by atoms with Crippen molar-refractivity contribution in [3.63, 3.8) is 0 Å². The van der Waals surface area contributed by atoms with Crippen molar-refractivity contribution in [3.8, 4) is 0 Å². The number of rotatable bonds is 7. The quantitative estimate of drug-likeness (QED) is 0.536. The normalized spacial score (nSPS) is 27.6. The minimum Gasteiger partial charge on any atom is -0.391 e. The van der Waals surface area contributed by atoms with E-state index in [2.05, 4.69) is 20.6 Å². The lowest BCUT2D eigenvalue weighted by Crippen LogP contribution is -2.33. The number of halogens is 3. The fourth-order valence-corrected chi connectivity index (χ4v) is 3.79. The monoisotopic (exact) mass is 417 g/mol. The van der Waals surface area contributed by atoms with Crippen LogP contribution >= 0.6 is 0 Å². The van der Waals surface area contributed by atoms with Crippen LogP contribution in [-0.4, -0.2) is 58.1 Å². The summed E-state index contributed by atoms with van der Waals surface area (Å²) in [5, 5.41) is 16.3. The minimum absolute atomic E-state index is 0.00918. The molecule has 5 N–H and O–H groups in total. The summed E-state index contributed by atoms with van der Waals surface area (Å²) in [4.78, 5) is 20.2. The van der Waals surface area contributed by atoms with Gasteiger partial charge in [-0.2, -0.15) is 18.2 Å². The Labute approximate surface area is 166 Å². The summed E-state index contributed by atoms with van der Waals surface area (Å²) in [6.45, 7) is -1.23. The van der Waals surface area contributed by atoms with E-state index in [-0.39, 0.29) is 23.5 Å². The van der Waals surface area contributed by atoms with Gasteiger partial charge in [0.05, 0.1) is 23.8 Å². The Morgan fingerprint density at radius 2 is 1.93 bits per heavy atom. The zero-order valence-corrected chi connectivity index (χ0v) is 15.9. The van der Waals surface area contributed by atoms with Gasteiger partial charge in [0.2, 0.25) is 5.95 Å². The zero-order valence-electron chi connectivity index (χ0n) is 15.9. The van der Waals surface area contributed by atoms with Gasteiger partial charge in [0.1, 0.15) is 12.4 Å². The van der Waals surface area contributed by atoms with Gasteiger partial charge >= 0.3 is 6.18 Å². The number of ether oxygens (including phenoxy) is 1. The van der Waals surface area contributed by atoms with Crippen LogP contribution in [0.2, 0.25) is 0 Å². The van der Waals surface area contributed by atoms with E-state index in [0.717, 1.165) is 12.8 Å². The molecule has 0 saturated heterocycles. The number of aliphatic hydroxyl groups excluding tert-OH is 1. The molecule has 8 nitrogen and oxygen atoms in total. The van der Waals surface area contributed by atoms with Crippen molar-refractivity contribution in [3.05, 3.63) is 11.8 Å². The van der Waals surface area contributed by atoms with Gasteiger partial charge in [-0.3, -0.25) is 4.79 Å². The van der Waals surface area contributed by atoms with E-state index in [4.69, 9.17) is 10.5 Å². The molecule has 1 aromatic heterocycles. The maximum atomic E-state index is 12.3. The van der Waals surface area contributed by atoms with Gasteiger partial charge < -0.3 is 26.2 Å². The summed E-state index contributed by atoms with van der Waals surface area (Å²) < 4.78 is 41.7. The highest BCUT2D eigenvalue weighted by atomic mass is 19.4. The lowest BCUT2D eigenvalue weighted by Gasteiger charge is -2.29. The molecule has 2 atom stereocenters. The molecule has 0 spiro atoms. The second kappa shape index (κ2) is 9.12. The van der Waals surface area contributed by atoms with E-state index in [1.54, 1.807) is 0 Å². The summed E-state index contributed by atoms with van der Waals surface area (Å²) >= 11 is 0. The number of carbonyl (C=O) groups is 1. The molecule has 1 heterocycles. The lowest BCUT2D eigenvalue weighted by atomic mass is 9.93. The number of amides is 1. The molecule has 2 aliphatic carbocycles. The molecule has 0 aliphatic heterocycles. The second-order valence-electron chi connectivity index (χ2n) is 7.61. The summed E-state index contributed by atoms with van der Waals surface area (Å²) in [5.74, 6) is -0.110. The SMILES string of the molecule is NC(=O)c1cnc(N[C@H]2CC[C@H](OCC(F)(F)F)CC2)nc1N[C@@H]1CCC[C@H]1O. The Morgan fingerprint density at radius 3 is 2.52 bits per heavy atom. The molecule has 2 saturated carbocycles. The summed E-state index contributed by atoms with van der Waals surface area (Å²) in [6, 6.07) is -0.220. The third-order valence-electron chi connectivity index (χ3n) is 5.35. The largest absolute Gasteiger partial charge is 0.411 e. The number of primary amides is 1. The molecule has 2 aliphatic rings. The Bertz CT molecular complexity index is 710. The topological polar surface area (TPSA) is 122 Å². The number of nitrogens with two attached hydrogens (primary N) is 1. The molecular weight excluding hydrogens is 391 g/mol. The molecule has 0 aromatic carbocycles. The Morgan fingerprint density at radius 1 is 1.21 bits per heavy atom. The van der Waals surface area contributed by atoms with Crippen LogP contribution < -0.4 is 16.4 Å². The first kappa shape index (κ1) is 21.6. The van der Waals surface area contributed by atoms with Gasteiger partial charge in [-0.05, 0) is 44.9 Å². The first-order chi connectivity index (χ1) is 13.7. The van der Waals surface area contributed by atoms with Crippen molar-refractivity contribution in [2.45, 2.75) is 75.4 Å². The van der Waals surface area contributed by atoms with Crippen LogP contribution in [0.1, 0.15) is 55.3 Å². The minimum atomic E-state index is -4.32. The molecule has 11 heteroatoms. The maximum Gasteiger partial charge on any atom is 0.411 e. The molecule has 0 radical (unpaired) electrons. The number of carbonyl (C=O) groups excluding carboxylic acids is 1. The number of alkyl halides is 3. The van der Waals surface area contributed by atoms with Crippen molar-refractivity contribution in [2.75, 3.05) is 17.2 Å². The standard InChI is InChI=1S/C18H26F3N5O3/c19-18(20,21)9-29-11-6-4-10(5-7-11)24-17-23-8-12(15(22)28)16(26-17)25-13-2-1-3-14(13)27/h8,10-11,13-14,27H,1-7,9H2,(H2,22,28)(H2,23,24,25,26)/t10-,11-,13-,14-/m1/s1. The first-order valence-corrected chi connectivity index (χ1v) is 9.77.